The van der Waals surface area contributed by atoms with Gasteiger partial charge in [0.25, 0.3) is 0 Å². The number of para-hydroxylation sites is 2. The van der Waals surface area contributed by atoms with Gasteiger partial charge in [0.15, 0.2) is 0 Å². The first kappa shape index (κ1) is 13.5. The molecule has 0 saturated heterocycles. The number of imidazole rings is 1. The molecule has 0 radical (unpaired) electrons. The van der Waals surface area contributed by atoms with Crippen LogP contribution in [0.1, 0.15) is 24.3 Å². The summed E-state index contributed by atoms with van der Waals surface area (Å²) in [6.07, 6.45) is 0.701. The van der Waals surface area contributed by atoms with Crippen LogP contribution in [0.15, 0.2) is 30.3 Å². The molecule has 0 saturated carbocycles. The van der Waals surface area contributed by atoms with Gasteiger partial charge in [-0.1, -0.05) is 12.1 Å². The van der Waals surface area contributed by atoms with Crippen molar-refractivity contribution in [2.45, 2.75) is 20.3 Å². The molecule has 5 heteroatoms. The number of benzene rings is 1. The monoisotopic (exact) mass is 281 g/mol. The van der Waals surface area contributed by atoms with Gasteiger partial charge < -0.3 is 9.88 Å². The van der Waals surface area contributed by atoms with E-state index in [1.54, 1.807) is 0 Å². The fourth-order valence-electron chi connectivity index (χ4n) is 2.51. The minimum atomic E-state index is 0.701. The Kier molecular flexibility index (Phi) is 3.56. The number of anilines is 1. The lowest BCUT2D eigenvalue weighted by Crippen LogP contribution is -2.06. The summed E-state index contributed by atoms with van der Waals surface area (Å²) in [5, 5.41) is 3.24. The Morgan fingerprint density at radius 2 is 1.95 bits per heavy atom. The number of aromatic nitrogens is 4. The van der Waals surface area contributed by atoms with E-state index in [4.69, 9.17) is 4.98 Å². The van der Waals surface area contributed by atoms with Crippen molar-refractivity contribution < 1.29 is 0 Å². The standard InChI is InChI=1S/C16H19N5/c1-4-17-15-9-12(18-11(2)19-15)10-16-20-13-7-5-6-8-14(13)21(16)3/h5-9H,4,10H2,1-3H3,(H,17,18,19). The Labute approximate surface area is 124 Å². The third-order valence-corrected chi connectivity index (χ3v) is 3.47. The van der Waals surface area contributed by atoms with Crippen LogP contribution >= 0.6 is 0 Å². The average Bonchev–Trinajstić information content (AvgIpc) is 2.76. The number of nitrogens with one attached hydrogen (secondary N) is 1. The van der Waals surface area contributed by atoms with Crippen molar-refractivity contribution in [3.05, 3.63) is 47.7 Å². The summed E-state index contributed by atoms with van der Waals surface area (Å²) in [6.45, 7) is 4.82. The molecule has 3 rings (SSSR count). The van der Waals surface area contributed by atoms with Crippen molar-refractivity contribution in [3.8, 4) is 0 Å². The van der Waals surface area contributed by atoms with Crippen LogP contribution in [-0.2, 0) is 13.5 Å². The molecule has 0 aliphatic carbocycles. The fraction of sp³-hybridized carbons (Fsp3) is 0.312. The first-order chi connectivity index (χ1) is 10.2. The van der Waals surface area contributed by atoms with Crippen LogP contribution < -0.4 is 5.32 Å². The highest BCUT2D eigenvalue weighted by molar-refractivity contribution is 5.75. The average molecular weight is 281 g/mol. The summed E-state index contributed by atoms with van der Waals surface area (Å²) in [6, 6.07) is 10.2. The maximum Gasteiger partial charge on any atom is 0.129 e. The summed E-state index contributed by atoms with van der Waals surface area (Å²) in [5.41, 5.74) is 3.15. The van der Waals surface area contributed by atoms with Crippen LogP contribution in [0.2, 0.25) is 0 Å². The van der Waals surface area contributed by atoms with E-state index in [2.05, 4.69) is 32.8 Å². The maximum atomic E-state index is 4.70. The quantitative estimate of drug-likeness (QED) is 0.799. The molecule has 108 valence electrons. The number of nitrogens with zero attached hydrogens (tertiary/aromatic N) is 4. The van der Waals surface area contributed by atoms with Gasteiger partial charge in [0, 0.05) is 26.1 Å². The van der Waals surface area contributed by atoms with E-state index >= 15 is 0 Å². The molecule has 1 N–H and O–H groups in total. The molecule has 0 bridgehead atoms. The third kappa shape index (κ3) is 2.72. The molecule has 1 aromatic carbocycles. The third-order valence-electron chi connectivity index (χ3n) is 3.47. The van der Waals surface area contributed by atoms with Gasteiger partial charge in [0.2, 0.25) is 0 Å². The van der Waals surface area contributed by atoms with Gasteiger partial charge in [-0.3, -0.25) is 0 Å². The molecule has 0 aliphatic rings. The second kappa shape index (κ2) is 5.52. The molecule has 0 aliphatic heterocycles. The summed E-state index contributed by atoms with van der Waals surface area (Å²) in [4.78, 5) is 13.6. The van der Waals surface area contributed by atoms with Crippen LogP contribution in [0.4, 0.5) is 5.82 Å². The van der Waals surface area contributed by atoms with Gasteiger partial charge in [0.1, 0.15) is 17.5 Å². The van der Waals surface area contributed by atoms with Gasteiger partial charge in [-0.2, -0.15) is 0 Å². The normalized spacial score (nSPS) is 11.0. The van der Waals surface area contributed by atoms with Crippen molar-refractivity contribution in [1.82, 2.24) is 19.5 Å². The second-order valence-corrected chi connectivity index (χ2v) is 5.07. The van der Waals surface area contributed by atoms with Gasteiger partial charge >= 0.3 is 0 Å². The Bertz CT molecular complexity index is 775. The fourth-order valence-corrected chi connectivity index (χ4v) is 2.51. The predicted molar refractivity (Wildman–Crippen MR) is 84.5 cm³/mol. The molecule has 5 nitrogen and oxygen atoms in total. The van der Waals surface area contributed by atoms with Crippen LogP contribution in [0, 0.1) is 6.92 Å². The number of rotatable bonds is 4. The topological polar surface area (TPSA) is 55.6 Å². The first-order valence-electron chi connectivity index (χ1n) is 7.16. The summed E-state index contributed by atoms with van der Waals surface area (Å²) in [7, 11) is 2.05. The highest BCUT2D eigenvalue weighted by Gasteiger charge is 2.10. The maximum absolute atomic E-state index is 4.70. The number of hydrogen-bond acceptors (Lipinski definition) is 4. The largest absolute Gasteiger partial charge is 0.370 e. The number of fused-ring (bicyclic) bond motifs is 1. The molecule has 2 heterocycles. The molecular formula is C16H19N5. The van der Waals surface area contributed by atoms with E-state index in [0.717, 1.165) is 40.7 Å². The molecule has 0 spiro atoms. The van der Waals surface area contributed by atoms with E-state index in [1.807, 2.05) is 38.2 Å². The van der Waals surface area contributed by atoms with E-state index in [9.17, 15) is 0 Å². The smallest absolute Gasteiger partial charge is 0.129 e. The number of aryl methyl sites for hydroxylation is 2. The molecule has 3 aromatic rings. The van der Waals surface area contributed by atoms with Crippen LogP contribution in [-0.4, -0.2) is 26.1 Å². The zero-order valence-corrected chi connectivity index (χ0v) is 12.6. The molecule has 0 unspecified atom stereocenters. The van der Waals surface area contributed by atoms with Crippen molar-refractivity contribution in [2.24, 2.45) is 7.05 Å². The summed E-state index contributed by atoms with van der Waals surface area (Å²) >= 11 is 0. The van der Waals surface area contributed by atoms with E-state index in [0.29, 0.717) is 6.42 Å². The molecular weight excluding hydrogens is 262 g/mol. The van der Waals surface area contributed by atoms with E-state index in [1.165, 1.54) is 0 Å². The predicted octanol–water partition coefficient (Wildman–Crippen LogP) is 2.69. The highest BCUT2D eigenvalue weighted by Crippen LogP contribution is 2.17. The van der Waals surface area contributed by atoms with Crippen molar-refractivity contribution in [1.29, 1.82) is 0 Å². The highest BCUT2D eigenvalue weighted by atomic mass is 15.1. The molecule has 21 heavy (non-hydrogen) atoms. The van der Waals surface area contributed by atoms with Gasteiger partial charge in [0.05, 0.1) is 16.7 Å². The molecule has 0 amide bonds. The first-order valence-corrected chi connectivity index (χ1v) is 7.16. The minimum absolute atomic E-state index is 0.701. The van der Waals surface area contributed by atoms with Gasteiger partial charge in [-0.15, -0.1) is 0 Å². The van der Waals surface area contributed by atoms with E-state index < -0.39 is 0 Å². The number of hydrogen-bond donors (Lipinski definition) is 1. The zero-order chi connectivity index (χ0) is 14.8. The van der Waals surface area contributed by atoms with Crippen molar-refractivity contribution in [2.75, 3.05) is 11.9 Å². The Morgan fingerprint density at radius 1 is 1.14 bits per heavy atom. The van der Waals surface area contributed by atoms with E-state index in [-0.39, 0.29) is 0 Å². The van der Waals surface area contributed by atoms with Gasteiger partial charge in [-0.05, 0) is 26.0 Å². The zero-order valence-electron chi connectivity index (χ0n) is 12.6. The van der Waals surface area contributed by atoms with Crippen molar-refractivity contribution >= 4 is 16.9 Å². The lowest BCUT2D eigenvalue weighted by Gasteiger charge is -2.07. The molecule has 2 aromatic heterocycles. The van der Waals surface area contributed by atoms with Crippen LogP contribution in [0.3, 0.4) is 0 Å². The lowest BCUT2D eigenvalue weighted by atomic mass is 10.2. The van der Waals surface area contributed by atoms with Crippen LogP contribution in [0.25, 0.3) is 11.0 Å². The Hall–Kier alpha value is -2.43. The summed E-state index contributed by atoms with van der Waals surface area (Å²) < 4.78 is 2.12. The van der Waals surface area contributed by atoms with Crippen molar-refractivity contribution in [3.63, 3.8) is 0 Å². The van der Waals surface area contributed by atoms with Crippen LogP contribution in [0.5, 0.6) is 0 Å². The second-order valence-electron chi connectivity index (χ2n) is 5.07. The molecule has 0 fully saturated rings. The summed E-state index contributed by atoms with van der Waals surface area (Å²) in [5.74, 6) is 2.66. The van der Waals surface area contributed by atoms with Gasteiger partial charge in [-0.25, -0.2) is 15.0 Å². The molecule has 0 atom stereocenters. The minimum Gasteiger partial charge on any atom is -0.370 e. The SMILES string of the molecule is CCNc1cc(Cc2nc3ccccc3n2C)nc(C)n1. The Morgan fingerprint density at radius 3 is 2.71 bits per heavy atom. The Balaban J connectivity index is 1.96. The lowest BCUT2D eigenvalue weighted by molar-refractivity contribution is 0.824.